The number of carbonyl (C=O) groups excluding carboxylic acids is 2. The van der Waals surface area contributed by atoms with Crippen LogP contribution < -0.4 is 72.3 Å². The molecular formula is C26H36KN3O6S. The minimum Gasteiger partial charge on any atom is -0.548 e. The second kappa shape index (κ2) is 16.5. The van der Waals surface area contributed by atoms with Crippen molar-refractivity contribution in [1.82, 2.24) is 9.62 Å². The van der Waals surface area contributed by atoms with Crippen LogP contribution in [0.3, 0.4) is 0 Å². The number of nitrogens with zero attached hydrogens (tertiary/aromatic N) is 1. The molecule has 1 atom stereocenters. The maximum Gasteiger partial charge on any atom is 1.00 e. The molecule has 2 aromatic carbocycles. The number of hydrogen-bond acceptors (Lipinski definition) is 7. The van der Waals surface area contributed by atoms with Gasteiger partial charge in [0.05, 0.1) is 24.0 Å². The molecule has 0 heterocycles. The molecule has 0 aliphatic rings. The first kappa shape index (κ1) is 33.6. The minimum atomic E-state index is -4.08. The van der Waals surface area contributed by atoms with E-state index in [0.29, 0.717) is 37.9 Å². The third-order valence-electron chi connectivity index (χ3n) is 5.69. The van der Waals surface area contributed by atoms with E-state index in [9.17, 15) is 23.1 Å². The molecule has 9 nitrogen and oxygen atoms in total. The Labute approximate surface area is 262 Å². The standard InChI is InChI=1S/C26H37N3O6S.K/c1-19(2)18-29(36(33,34)22-14-12-21(27)13-15-22)23(26(31)32)9-6-7-17-28-25(30)16-11-20-8-4-5-10-24(20)35-3;/h4-5,8,10,12-15,19,23H,6-7,9,11,16-18,27H2,1-3H3,(H,28,30)(H,31,32);/q;+1/p-1/t23-;/m0./s1. The van der Waals surface area contributed by atoms with Gasteiger partial charge in [0.25, 0.3) is 0 Å². The fraction of sp³-hybridized carbons (Fsp3) is 0.462. The van der Waals surface area contributed by atoms with Crippen LogP contribution in [0.15, 0.2) is 53.4 Å². The molecule has 0 fully saturated rings. The van der Waals surface area contributed by atoms with Gasteiger partial charge in [0.1, 0.15) is 5.75 Å². The third-order valence-corrected chi connectivity index (χ3v) is 7.58. The van der Waals surface area contributed by atoms with E-state index in [0.717, 1.165) is 15.6 Å². The number of carboxylic acids is 1. The summed E-state index contributed by atoms with van der Waals surface area (Å²) in [6.45, 7) is 4.03. The Bertz CT molecular complexity index is 1110. The van der Waals surface area contributed by atoms with Crippen molar-refractivity contribution in [3.63, 3.8) is 0 Å². The summed E-state index contributed by atoms with van der Waals surface area (Å²) in [7, 11) is -2.49. The minimum absolute atomic E-state index is 0. The van der Waals surface area contributed by atoms with Crippen molar-refractivity contribution in [3.8, 4) is 5.75 Å². The number of carbonyl (C=O) groups is 2. The van der Waals surface area contributed by atoms with Gasteiger partial charge in [-0.3, -0.25) is 4.79 Å². The fourth-order valence-electron chi connectivity index (χ4n) is 3.84. The molecule has 11 heteroatoms. The first-order chi connectivity index (χ1) is 17.1. The zero-order valence-corrected chi connectivity index (χ0v) is 26.0. The number of sulfonamides is 1. The summed E-state index contributed by atoms with van der Waals surface area (Å²) in [5, 5.41) is 14.8. The van der Waals surface area contributed by atoms with Crippen LogP contribution >= 0.6 is 0 Å². The van der Waals surface area contributed by atoms with E-state index in [1.807, 2.05) is 38.1 Å². The number of nitrogens with two attached hydrogens (primary N) is 1. The van der Waals surface area contributed by atoms with Crippen molar-refractivity contribution in [2.24, 2.45) is 5.92 Å². The Kier molecular flexibility index (Phi) is 14.9. The van der Waals surface area contributed by atoms with Gasteiger partial charge < -0.3 is 25.7 Å². The molecule has 0 aliphatic heterocycles. The van der Waals surface area contributed by atoms with Crippen molar-refractivity contribution >= 4 is 27.6 Å². The van der Waals surface area contributed by atoms with Gasteiger partial charge in [-0.15, -0.1) is 0 Å². The normalized spacial score (nSPS) is 12.1. The molecule has 0 bridgehead atoms. The summed E-state index contributed by atoms with van der Waals surface area (Å²) in [6, 6.07) is 11.8. The number of benzene rings is 2. The topological polar surface area (TPSA) is 142 Å². The molecule has 0 unspecified atom stereocenters. The first-order valence-corrected chi connectivity index (χ1v) is 13.5. The van der Waals surface area contributed by atoms with Gasteiger partial charge in [-0.2, -0.15) is 4.31 Å². The Hall–Kier alpha value is -1.47. The smallest absolute Gasteiger partial charge is 0.548 e. The van der Waals surface area contributed by atoms with Crippen LogP contribution in [-0.4, -0.2) is 50.8 Å². The number of para-hydroxylation sites is 1. The van der Waals surface area contributed by atoms with E-state index in [-0.39, 0.29) is 81.1 Å². The van der Waals surface area contributed by atoms with Gasteiger partial charge in [-0.25, -0.2) is 8.42 Å². The first-order valence-electron chi connectivity index (χ1n) is 12.0. The van der Waals surface area contributed by atoms with E-state index in [2.05, 4.69) is 5.32 Å². The summed E-state index contributed by atoms with van der Waals surface area (Å²) in [5.41, 5.74) is 7.02. The van der Waals surface area contributed by atoms with Gasteiger partial charge in [-0.1, -0.05) is 32.0 Å². The van der Waals surface area contributed by atoms with Crippen molar-refractivity contribution in [1.29, 1.82) is 0 Å². The van der Waals surface area contributed by atoms with Crippen LogP contribution in [0.25, 0.3) is 0 Å². The number of amides is 1. The SMILES string of the molecule is COc1ccccc1CCC(=O)NCCCC[C@@H](C(=O)[O-])N(CC(C)C)S(=O)(=O)c1ccc(N)cc1.[K+]. The molecule has 2 rings (SSSR count). The number of anilines is 1. The number of ether oxygens (including phenoxy) is 1. The monoisotopic (exact) mass is 557 g/mol. The van der Waals surface area contributed by atoms with Crippen LogP contribution in [-0.2, 0) is 26.0 Å². The van der Waals surface area contributed by atoms with Gasteiger partial charge in [-0.05, 0) is 67.5 Å². The van der Waals surface area contributed by atoms with E-state index in [4.69, 9.17) is 10.5 Å². The number of methoxy groups -OCH3 is 1. The van der Waals surface area contributed by atoms with Crippen molar-refractivity contribution < 1.29 is 79.2 Å². The van der Waals surface area contributed by atoms with E-state index < -0.39 is 22.0 Å². The van der Waals surface area contributed by atoms with Crippen molar-refractivity contribution in [3.05, 3.63) is 54.1 Å². The number of unbranched alkanes of at least 4 members (excludes halogenated alkanes) is 1. The zero-order valence-electron chi connectivity index (χ0n) is 22.1. The Balaban J connectivity index is 0.00000684. The second-order valence-corrected chi connectivity index (χ2v) is 10.9. The van der Waals surface area contributed by atoms with E-state index in [1.54, 1.807) is 7.11 Å². The van der Waals surface area contributed by atoms with Gasteiger partial charge in [0, 0.05) is 25.2 Å². The van der Waals surface area contributed by atoms with Crippen LogP contribution in [0.4, 0.5) is 5.69 Å². The number of aliphatic carboxylic acids is 1. The number of rotatable bonds is 15. The summed E-state index contributed by atoms with van der Waals surface area (Å²) >= 11 is 0. The molecule has 0 saturated heterocycles. The largest absolute Gasteiger partial charge is 1.00 e. The van der Waals surface area contributed by atoms with Gasteiger partial charge >= 0.3 is 51.4 Å². The maximum absolute atomic E-state index is 13.3. The summed E-state index contributed by atoms with van der Waals surface area (Å²) in [4.78, 5) is 24.2. The molecule has 3 N–H and O–H groups in total. The summed E-state index contributed by atoms with van der Waals surface area (Å²) in [6.07, 6.45) is 1.80. The molecular weight excluding hydrogens is 521 g/mol. The molecule has 0 aromatic heterocycles. The van der Waals surface area contributed by atoms with E-state index >= 15 is 0 Å². The molecule has 198 valence electrons. The predicted molar refractivity (Wildman–Crippen MR) is 137 cm³/mol. The maximum atomic E-state index is 13.3. The molecule has 0 aliphatic carbocycles. The van der Waals surface area contributed by atoms with E-state index in [1.165, 1.54) is 24.3 Å². The van der Waals surface area contributed by atoms with Crippen molar-refractivity contribution in [2.45, 2.75) is 56.9 Å². The third kappa shape index (κ3) is 10.7. The molecule has 0 spiro atoms. The molecule has 0 saturated carbocycles. The Morgan fingerprint density at radius 1 is 1.08 bits per heavy atom. The molecule has 0 radical (unpaired) electrons. The molecule has 37 heavy (non-hydrogen) atoms. The molecule has 1 amide bonds. The fourth-order valence-corrected chi connectivity index (χ4v) is 5.62. The van der Waals surface area contributed by atoms with Gasteiger partial charge in [0.2, 0.25) is 15.9 Å². The van der Waals surface area contributed by atoms with Crippen LogP contribution in [0.2, 0.25) is 0 Å². The summed E-state index contributed by atoms with van der Waals surface area (Å²) < 4.78 is 32.8. The zero-order chi connectivity index (χ0) is 26.7. The van der Waals surface area contributed by atoms with Gasteiger partial charge in [0.15, 0.2) is 0 Å². The quantitative estimate of drug-likeness (QED) is 0.162. The van der Waals surface area contributed by atoms with Crippen LogP contribution in [0.1, 0.15) is 45.1 Å². The Morgan fingerprint density at radius 3 is 2.32 bits per heavy atom. The van der Waals surface area contributed by atoms with Crippen molar-refractivity contribution in [2.75, 3.05) is 25.9 Å². The Morgan fingerprint density at radius 2 is 1.73 bits per heavy atom. The summed E-state index contributed by atoms with van der Waals surface area (Å²) in [5.74, 6) is -0.934. The van der Waals surface area contributed by atoms with Crippen LogP contribution in [0.5, 0.6) is 5.75 Å². The van der Waals surface area contributed by atoms with Crippen LogP contribution in [0, 0.1) is 5.92 Å². The average molecular weight is 558 g/mol. The predicted octanol–water partition coefficient (Wildman–Crippen LogP) is -1.03. The number of carboxylic acid groups (broad SMARTS) is 1. The number of nitrogens with one attached hydrogen (secondary N) is 1. The number of hydrogen-bond donors (Lipinski definition) is 2. The second-order valence-electron chi connectivity index (χ2n) is 9.03. The average Bonchev–Trinajstić information content (AvgIpc) is 2.83. The number of aryl methyl sites for hydroxylation is 1. The number of nitrogen functional groups attached to an aromatic ring is 1. The molecule has 2 aromatic rings.